The molecule has 160 valence electrons. The molecule has 1 atom stereocenters. The van der Waals surface area contributed by atoms with Gasteiger partial charge < -0.3 is 0 Å². The van der Waals surface area contributed by atoms with Crippen LogP contribution in [0.3, 0.4) is 0 Å². The van der Waals surface area contributed by atoms with Crippen LogP contribution < -0.4 is 4.72 Å². The first-order valence-corrected chi connectivity index (χ1v) is 13.6. The van der Waals surface area contributed by atoms with Crippen LogP contribution >= 0.6 is 11.3 Å². The van der Waals surface area contributed by atoms with Gasteiger partial charge in [-0.2, -0.15) is 4.72 Å². The maximum atomic E-state index is 13.1. The second kappa shape index (κ2) is 9.01. The van der Waals surface area contributed by atoms with Crippen LogP contribution in [0.2, 0.25) is 0 Å². The van der Waals surface area contributed by atoms with Crippen molar-refractivity contribution in [3.63, 3.8) is 0 Å². The minimum Gasteiger partial charge on any atom is -0.224 e. The third-order valence-corrected chi connectivity index (χ3v) is 9.04. The van der Waals surface area contributed by atoms with E-state index in [-0.39, 0.29) is 15.5 Å². The van der Waals surface area contributed by atoms with Crippen molar-refractivity contribution < 1.29 is 16.8 Å². The zero-order chi connectivity index (χ0) is 21.9. The van der Waals surface area contributed by atoms with Gasteiger partial charge in [-0.1, -0.05) is 51.1 Å². The number of nitrogens with one attached hydrogen (secondary N) is 1. The molecular weight excluding hydrogens is 438 g/mol. The van der Waals surface area contributed by atoms with E-state index in [1.54, 1.807) is 6.92 Å². The third kappa shape index (κ3) is 5.00. The fraction of sp³-hybridized carbons (Fsp3) is 0.273. The largest absolute Gasteiger partial charge is 0.241 e. The van der Waals surface area contributed by atoms with E-state index < -0.39 is 25.9 Å². The minimum atomic E-state index is -3.87. The molecule has 1 aromatic heterocycles. The average molecular weight is 464 g/mol. The highest BCUT2D eigenvalue weighted by atomic mass is 32.2. The van der Waals surface area contributed by atoms with E-state index >= 15 is 0 Å². The van der Waals surface area contributed by atoms with Crippen LogP contribution in [0.1, 0.15) is 48.7 Å². The van der Waals surface area contributed by atoms with E-state index in [2.05, 4.69) is 18.6 Å². The van der Waals surface area contributed by atoms with E-state index in [0.717, 1.165) is 10.4 Å². The second-order valence-electron chi connectivity index (χ2n) is 7.27. The van der Waals surface area contributed by atoms with Crippen molar-refractivity contribution in [2.45, 2.75) is 42.5 Å². The number of rotatable bonds is 8. The van der Waals surface area contributed by atoms with E-state index in [9.17, 15) is 16.8 Å². The van der Waals surface area contributed by atoms with Gasteiger partial charge in [0.2, 0.25) is 10.0 Å². The smallest absolute Gasteiger partial charge is 0.224 e. The number of sulfone groups is 1. The maximum Gasteiger partial charge on any atom is 0.241 e. The number of thiophene rings is 1. The Kier molecular flexibility index (Phi) is 6.81. The summed E-state index contributed by atoms with van der Waals surface area (Å²) in [7, 11) is -7.25. The van der Waals surface area contributed by atoms with Gasteiger partial charge in [-0.25, -0.2) is 16.8 Å². The van der Waals surface area contributed by atoms with E-state index in [1.165, 1.54) is 41.2 Å². The molecule has 0 spiro atoms. The molecule has 30 heavy (non-hydrogen) atoms. The summed E-state index contributed by atoms with van der Waals surface area (Å²) in [5.41, 5.74) is 2.02. The Morgan fingerprint density at radius 1 is 0.833 bits per heavy atom. The number of hydrogen-bond donors (Lipinski definition) is 1. The Morgan fingerprint density at radius 3 is 1.90 bits per heavy atom. The highest BCUT2D eigenvalue weighted by Crippen LogP contribution is 2.29. The van der Waals surface area contributed by atoms with Crippen molar-refractivity contribution in [3.8, 4) is 0 Å². The van der Waals surface area contributed by atoms with Crippen molar-refractivity contribution in [1.29, 1.82) is 0 Å². The standard InChI is InChI=1S/C22H25NO4S3/c1-4-29(24,25)19-11-13-20(14-12-19)30(26,27)23-22(21-6-5-15-28-21)18-9-7-17(8-10-18)16(2)3/h5-16,22-23H,4H2,1-3H3. The van der Waals surface area contributed by atoms with E-state index in [1.807, 2.05) is 41.8 Å². The zero-order valence-corrected chi connectivity index (χ0v) is 19.5. The fourth-order valence-electron chi connectivity index (χ4n) is 3.04. The van der Waals surface area contributed by atoms with Crippen molar-refractivity contribution in [3.05, 3.63) is 82.0 Å². The molecule has 0 aliphatic carbocycles. The Hall–Kier alpha value is -2.00. The van der Waals surface area contributed by atoms with Gasteiger partial charge in [0.15, 0.2) is 9.84 Å². The third-order valence-electron chi connectivity index (χ3n) is 4.91. The van der Waals surface area contributed by atoms with Gasteiger partial charge >= 0.3 is 0 Å². The summed E-state index contributed by atoms with van der Waals surface area (Å²) in [5, 5.41) is 1.91. The predicted molar refractivity (Wildman–Crippen MR) is 121 cm³/mol. The van der Waals surface area contributed by atoms with Crippen molar-refractivity contribution in [1.82, 2.24) is 4.72 Å². The molecule has 0 aliphatic heterocycles. The van der Waals surface area contributed by atoms with Crippen LogP contribution in [-0.4, -0.2) is 22.6 Å². The van der Waals surface area contributed by atoms with Crippen molar-refractivity contribution >= 4 is 31.2 Å². The fourth-order valence-corrected chi connectivity index (χ4v) is 6.00. The normalized spacial score (nSPS) is 13.5. The molecule has 8 heteroatoms. The molecule has 3 rings (SSSR count). The first kappa shape index (κ1) is 22.7. The summed E-state index contributed by atoms with van der Waals surface area (Å²) < 4.78 is 52.9. The van der Waals surface area contributed by atoms with Gasteiger partial charge in [0.1, 0.15) is 0 Å². The molecule has 0 saturated carbocycles. The molecule has 0 bridgehead atoms. The number of benzene rings is 2. The lowest BCUT2D eigenvalue weighted by molar-refractivity contribution is 0.572. The molecule has 1 heterocycles. The summed E-state index contributed by atoms with van der Waals surface area (Å²) in [6.07, 6.45) is 0. The lowest BCUT2D eigenvalue weighted by Gasteiger charge is -2.19. The molecule has 1 unspecified atom stereocenters. The molecule has 5 nitrogen and oxygen atoms in total. The molecule has 2 aromatic carbocycles. The minimum absolute atomic E-state index is 0.0258. The monoisotopic (exact) mass is 463 g/mol. The van der Waals surface area contributed by atoms with Crippen molar-refractivity contribution in [2.75, 3.05) is 5.75 Å². The molecule has 0 saturated heterocycles. The lowest BCUT2D eigenvalue weighted by atomic mass is 9.99. The van der Waals surface area contributed by atoms with Gasteiger partial charge in [-0.3, -0.25) is 0 Å². The molecule has 0 radical (unpaired) electrons. The summed E-state index contributed by atoms with van der Waals surface area (Å²) in [4.78, 5) is 1.02. The number of hydrogen-bond acceptors (Lipinski definition) is 5. The van der Waals surface area contributed by atoms with Crippen LogP contribution in [0.5, 0.6) is 0 Å². The van der Waals surface area contributed by atoms with Gasteiger partial charge in [-0.05, 0) is 52.8 Å². The van der Waals surface area contributed by atoms with Gasteiger partial charge in [0.05, 0.1) is 21.6 Å². The number of sulfonamides is 1. The van der Waals surface area contributed by atoms with Crippen LogP contribution in [0.4, 0.5) is 0 Å². The average Bonchev–Trinajstić information content (AvgIpc) is 3.27. The topological polar surface area (TPSA) is 80.3 Å². The quantitative estimate of drug-likeness (QED) is 0.524. The maximum absolute atomic E-state index is 13.1. The first-order valence-electron chi connectivity index (χ1n) is 9.62. The highest BCUT2D eigenvalue weighted by molar-refractivity contribution is 7.91. The van der Waals surface area contributed by atoms with Gasteiger partial charge in [-0.15, -0.1) is 11.3 Å². The van der Waals surface area contributed by atoms with E-state index in [4.69, 9.17) is 0 Å². The Bertz CT molecular complexity index is 1180. The molecule has 0 aliphatic rings. The van der Waals surface area contributed by atoms with Crippen molar-refractivity contribution in [2.24, 2.45) is 0 Å². The summed E-state index contributed by atoms with van der Waals surface area (Å²) in [6.45, 7) is 5.77. The second-order valence-corrected chi connectivity index (χ2v) is 12.2. The predicted octanol–water partition coefficient (Wildman–Crippen LogP) is 4.73. The Morgan fingerprint density at radius 2 is 1.40 bits per heavy atom. The van der Waals surface area contributed by atoms with Gasteiger partial charge in [0, 0.05) is 4.88 Å². The van der Waals surface area contributed by atoms with Crippen LogP contribution in [-0.2, 0) is 19.9 Å². The van der Waals surface area contributed by atoms with Gasteiger partial charge in [0.25, 0.3) is 0 Å². The molecular formula is C22H25NO4S3. The van der Waals surface area contributed by atoms with Crippen LogP contribution in [0.25, 0.3) is 0 Å². The lowest BCUT2D eigenvalue weighted by Crippen LogP contribution is -2.29. The SMILES string of the molecule is CCS(=O)(=O)c1ccc(S(=O)(=O)NC(c2ccc(C(C)C)cc2)c2cccs2)cc1. The zero-order valence-electron chi connectivity index (χ0n) is 17.1. The highest BCUT2D eigenvalue weighted by Gasteiger charge is 2.24. The van der Waals surface area contributed by atoms with Crippen LogP contribution in [0.15, 0.2) is 75.8 Å². The molecule has 0 fully saturated rings. The Labute approximate surface area is 182 Å². The summed E-state index contributed by atoms with van der Waals surface area (Å²) >= 11 is 1.47. The first-order chi connectivity index (χ1) is 14.1. The molecule has 3 aromatic rings. The van der Waals surface area contributed by atoms with Crippen LogP contribution in [0, 0.1) is 0 Å². The molecule has 1 N–H and O–H groups in total. The summed E-state index contributed by atoms with van der Waals surface area (Å²) in [5.74, 6) is 0.346. The summed E-state index contributed by atoms with van der Waals surface area (Å²) in [6, 6.07) is 16.5. The molecule has 0 amide bonds. The van der Waals surface area contributed by atoms with E-state index in [0.29, 0.717) is 5.92 Å². The Balaban J connectivity index is 1.94.